The van der Waals surface area contributed by atoms with E-state index in [1.54, 1.807) is 0 Å². The summed E-state index contributed by atoms with van der Waals surface area (Å²) in [4.78, 5) is 11.2. The van der Waals surface area contributed by atoms with Gasteiger partial charge in [0.15, 0.2) is 12.1 Å². The Kier molecular flexibility index (Phi) is 5.17. The van der Waals surface area contributed by atoms with Gasteiger partial charge in [-0.2, -0.15) is 0 Å². The van der Waals surface area contributed by atoms with Gasteiger partial charge >= 0.3 is 0 Å². The Labute approximate surface area is 186 Å². The summed E-state index contributed by atoms with van der Waals surface area (Å²) in [5, 5.41) is 3.06. The standard InChI is InChI=1S/C25H39NO5/c1-23-7-3-2-4-19(23)17(15-26-16-27)14-18-20(23)5-8-24-21(18)6-9-25(24)30-12-10-28-22(24)29-11-13-31-25/h16-22H,2-15H2,1H3,(H,26,27)/t17-,18-,19?,20+,21+,22?,23+,24+,25?/m1/s1. The predicted octanol–water partition coefficient (Wildman–Crippen LogP) is 3.49. The van der Waals surface area contributed by atoms with E-state index in [9.17, 15) is 4.79 Å². The quantitative estimate of drug-likeness (QED) is 0.690. The molecule has 0 aromatic heterocycles. The SMILES string of the molecule is C[C@]12CCCCC1[C@@H](CNC=O)C[C@@H]1[C@@H]2CC[C@]23C4OCCOC2(CC[C@@H]13)OCCO4. The fourth-order valence-electron chi connectivity index (χ4n) is 9.68. The molecule has 6 aliphatic rings. The van der Waals surface area contributed by atoms with E-state index in [1.807, 2.05) is 0 Å². The molecule has 0 radical (unpaired) electrons. The molecule has 4 aliphatic carbocycles. The summed E-state index contributed by atoms with van der Waals surface area (Å²) in [6.45, 7) is 5.77. The Balaban J connectivity index is 1.40. The van der Waals surface area contributed by atoms with Crippen LogP contribution in [0.4, 0.5) is 0 Å². The molecule has 31 heavy (non-hydrogen) atoms. The van der Waals surface area contributed by atoms with Gasteiger partial charge in [0.1, 0.15) is 0 Å². The van der Waals surface area contributed by atoms with E-state index in [2.05, 4.69) is 12.2 Å². The minimum Gasteiger partial charge on any atom is -0.358 e. The molecule has 2 bridgehead atoms. The van der Waals surface area contributed by atoms with Gasteiger partial charge in [0.05, 0.1) is 31.8 Å². The van der Waals surface area contributed by atoms with Crippen molar-refractivity contribution >= 4 is 6.41 Å². The second-order valence-electron chi connectivity index (χ2n) is 11.4. The van der Waals surface area contributed by atoms with Crippen LogP contribution in [0.25, 0.3) is 0 Å². The molecule has 6 rings (SSSR count). The summed E-state index contributed by atoms with van der Waals surface area (Å²) in [6.07, 6.45) is 11.7. The van der Waals surface area contributed by atoms with E-state index in [0.29, 0.717) is 49.6 Å². The minimum absolute atomic E-state index is 0.193. The average molecular weight is 434 g/mol. The van der Waals surface area contributed by atoms with Crippen LogP contribution in [0, 0.1) is 40.4 Å². The van der Waals surface area contributed by atoms with Crippen molar-refractivity contribution in [3.05, 3.63) is 0 Å². The van der Waals surface area contributed by atoms with Gasteiger partial charge in [-0.3, -0.25) is 4.79 Å². The molecule has 1 N–H and O–H groups in total. The smallest absolute Gasteiger partial charge is 0.207 e. The lowest BCUT2D eigenvalue weighted by atomic mass is 9.42. The molecule has 2 heterocycles. The molecule has 2 aliphatic heterocycles. The van der Waals surface area contributed by atoms with Crippen LogP contribution in [0.1, 0.15) is 64.7 Å². The van der Waals surface area contributed by atoms with E-state index < -0.39 is 5.79 Å². The van der Waals surface area contributed by atoms with Gasteiger partial charge in [0, 0.05) is 13.0 Å². The molecule has 6 nitrogen and oxygen atoms in total. The number of hydrogen-bond acceptors (Lipinski definition) is 5. The first-order chi connectivity index (χ1) is 15.1. The molecule has 6 fully saturated rings. The molecule has 0 aromatic rings. The maximum Gasteiger partial charge on any atom is 0.207 e. The van der Waals surface area contributed by atoms with Gasteiger partial charge in [0.2, 0.25) is 6.41 Å². The largest absolute Gasteiger partial charge is 0.358 e. The molecule has 1 amide bonds. The van der Waals surface area contributed by atoms with Crippen LogP contribution in [-0.2, 0) is 23.7 Å². The Morgan fingerprint density at radius 2 is 1.68 bits per heavy atom. The zero-order chi connectivity index (χ0) is 21.1. The summed E-state index contributed by atoms with van der Waals surface area (Å²) in [5.41, 5.74) is 0.189. The summed E-state index contributed by atoms with van der Waals surface area (Å²) in [5.74, 6) is 2.65. The molecule has 4 saturated carbocycles. The summed E-state index contributed by atoms with van der Waals surface area (Å²) >= 11 is 0. The maximum atomic E-state index is 11.2. The number of ether oxygens (including phenoxy) is 4. The van der Waals surface area contributed by atoms with Crippen molar-refractivity contribution in [1.82, 2.24) is 5.32 Å². The lowest BCUT2D eigenvalue weighted by molar-refractivity contribution is -0.320. The molecule has 174 valence electrons. The Morgan fingerprint density at radius 3 is 2.45 bits per heavy atom. The Hall–Kier alpha value is -0.690. The lowest BCUT2D eigenvalue weighted by Crippen LogP contribution is -2.63. The van der Waals surface area contributed by atoms with Crippen molar-refractivity contribution in [2.24, 2.45) is 40.4 Å². The van der Waals surface area contributed by atoms with Crippen molar-refractivity contribution in [1.29, 1.82) is 0 Å². The highest BCUT2D eigenvalue weighted by Crippen LogP contribution is 2.71. The van der Waals surface area contributed by atoms with Crippen LogP contribution in [0.3, 0.4) is 0 Å². The van der Waals surface area contributed by atoms with Crippen LogP contribution in [0.15, 0.2) is 0 Å². The van der Waals surface area contributed by atoms with E-state index in [0.717, 1.165) is 44.1 Å². The topological polar surface area (TPSA) is 66.0 Å². The van der Waals surface area contributed by atoms with E-state index in [1.165, 1.54) is 38.5 Å². The van der Waals surface area contributed by atoms with Gasteiger partial charge < -0.3 is 24.3 Å². The van der Waals surface area contributed by atoms with Gasteiger partial charge in [-0.1, -0.05) is 19.8 Å². The van der Waals surface area contributed by atoms with Crippen molar-refractivity contribution < 1.29 is 23.7 Å². The van der Waals surface area contributed by atoms with Crippen molar-refractivity contribution in [3.8, 4) is 0 Å². The number of fused-ring (bicyclic) bond motifs is 4. The molecule has 1 spiro atoms. The first-order valence-corrected chi connectivity index (χ1v) is 12.8. The van der Waals surface area contributed by atoms with E-state index in [4.69, 9.17) is 18.9 Å². The van der Waals surface area contributed by atoms with Gasteiger partial charge in [-0.05, 0) is 73.5 Å². The van der Waals surface area contributed by atoms with Crippen LogP contribution in [0.2, 0.25) is 0 Å². The van der Waals surface area contributed by atoms with Crippen LogP contribution in [-0.4, -0.2) is 51.5 Å². The van der Waals surface area contributed by atoms with Gasteiger partial charge in [0.25, 0.3) is 0 Å². The van der Waals surface area contributed by atoms with Crippen molar-refractivity contribution in [2.75, 3.05) is 33.0 Å². The third-order valence-electron chi connectivity index (χ3n) is 10.6. The molecular formula is C25H39NO5. The third-order valence-corrected chi connectivity index (χ3v) is 10.6. The average Bonchev–Trinajstić information content (AvgIpc) is 2.95. The van der Waals surface area contributed by atoms with Crippen LogP contribution >= 0.6 is 0 Å². The number of hydrogen-bond donors (Lipinski definition) is 1. The number of rotatable bonds is 3. The summed E-state index contributed by atoms with van der Waals surface area (Å²) in [7, 11) is 0. The molecular weight excluding hydrogens is 394 g/mol. The molecule has 7 atom stereocenters. The molecule has 2 saturated heterocycles. The van der Waals surface area contributed by atoms with Gasteiger partial charge in [-0.15, -0.1) is 0 Å². The summed E-state index contributed by atoms with van der Waals surface area (Å²) < 4.78 is 25.8. The first kappa shape index (κ1) is 20.9. The predicted molar refractivity (Wildman–Crippen MR) is 114 cm³/mol. The fourth-order valence-corrected chi connectivity index (χ4v) is 9.68. The van der Waals surface area contributed by atoms with Crippen LogP contribution < -0.4 is 5.32 Å². The second-order valence-corrected chi connectivity index (χ2v) is 11.4. The fraction of sp³-hybridized carbons (Fsp3) is 0.960. The third kappa shape index (κ3) is 2.80. The lowest BCUT2D eigenvalue weighted by Gasteiger charge is -2.64. The number of carbonyl (C=O) groups is 1. The number of nitrogens with one attached hydrogen (secondary N) is 1. The molecule has 6 heteroatoms. The van der Waals surface area contributed by atoms with E-state index >= 15 is 0 Å². The zero-order valence-corrected chi connectivity index (χ0v) is 19.0. The van der Waals surface area contributed by atoms with E-state index in [-0.39, 0.29) is 11.7 Å². The maximum absolute atomic E-state index is 11.2. The molecule has 0 aromatic carbocycles. The van der Waals surface area contributed by atoms with Crippen molar-refractivity contribution in [3.63, 3.8) is 0 Å². The highest BCUT2D eigenvalue weighted by molar-refractivity contribution is 5.45. The number of carbonyl (C=O) groups excluding carboxylic acids is 1. The second kappa shape index (κ2) is 7.68. The molecule has 1 unspecified atom stereocenters. The normalized spacial score (nSPS) is 53.7. The summed E-state index contributed by atoms with van der Waals surface area (Å²) in [6, 6.07) is 0. The highest BCUT2D eigenvalue weighted by Gasteiger charge is 2.73. The Bertz CT molecular complexity index is 689. The number of amides is 1. The minimum atomic E-state index is -0.541. The van der Waals surface area contributed by atoms with Gasteiger partial charge in [-0.25, -0.2) is 0 Å². The highest BCUT2D eigenvalue weighted by atomic mass is 16.8. The van der Waals surface area contributed by atoms with Crippen LogP contribution in [0.5, 0.6) is 0 Å². The monoisotopic (exact) mass is 433 g/mol. The van der Waals surface area contributed by atoms with Crippen molar-refractivity contribution in [2.45, 2.75) is 76.8 Å². The Morgan fingerprint density at radius 1 is 0.903 bits per heavy atom. The zero-order valence-electron chi connectivity index (χ0n) is 19.0. The first-order valence-electron chi connectivity index (χ1n) is 12.8.